The molecular weight excluding hydrogens is 262 g/mol. The second-order valence-corrected chi connectivity index (χ2v) is 6.38. The second-order valence-electron chi connectivity index (χ2n) is 6.38. The van der Waals surface area contributed by atoms with E-state index in [-0.39, 0.29) is 6.03 Å². The highest BCUT2D eigenvalue weighted by Gasteiger charge is 2.31. The maximum absolute atomic E-state index is 12.5. The van der Waals surface area contributed by atoms with E-state index in [4.69, 9.17) is 0 Å². The lowest BCUT2D eigenvalue weighted by Crippen LogP contribution is -2.56. The zero-order valence-electron chi connectivity index (χ0n) is 13.1. The van der Waals surface area contributed by atoms with Gasteiger partial charge in [0.2, 0.25) is 0 Å². The van der Waals surface area contributed by atoms with Crippen LogP contribution >= 0.6 is 0 Å². The summed E-state index contributed by atoms with van der Waals surface area (Å²) in [5.74, 6) is 0. The molecule has 21 heavy (non-hydrogen) atoms. The summed E-state index contributed by atoms with van der Waals surface area (Å²) < 4.78 is 0. The standard InChI is InChI=1S/C17H25N3O/c1-13-6-7-14(2)16(11-13)18-17(21)20-10-9-19-8-4-3-5-15(19)12-20/h6-7,11,15H,3-5,8-10,12H2,1-2H3,(H,18,21). The lowest BCUT2D eigenvalue weighted by molar-refractivity contribution is 0.0678. The number of carbonyl (C=O) groups is 1. The Morgan fingerprint density at radius 2 is 2.05 bits per heavy atom. The highest BCUT2D eigenvalue weighted by Crippen LogP contribution is 2.22. The molecule has 2 saturated heterocycles. The third-order valence-electron chi connectivity index (χ3n) is 4.76. The van der Waals surface area contributed by atoms with Crippen LogP contribution in [0.4, 0.5) is 10.5 Å². The fourth-order valence-electron chi connectivity index (χ4n) is 3.41. The molecule has 2 amide bonds. The Kier molecular flexibility index (Phi) is 4.15. The van der Waals surface area contributed by atoms with Gasteiger partial charge in [-0.05, 0) is 50.4 Å². The normalized spacial score (nSPS) is 22.8. The number of amides is 2. The molecule has 2 heterocycles. The number of carbonyl (C=O) groups excluding carboxylic acids is 1. The van der Waals surface area contributed by atoms with Gasteiger partial charge < -0.3 is 10.2 Å². The van der Waals surface area contributed by atoms with Gasteiger partial charge in [0.15, 0.2) is 0 Å². The number of fused-ring (bicyclic) bond motifs is 1. The van der Waals surface area contributed by atoms with E-state index < -0.39 is 0 Å². The Bertz CT molecular complexity index is 529. The van der Waals surface area contributed by atoms with Crippen LogP contribution in [0.3, 0.4) is 0 Å². The van der Waals surface area contributed by atoms with Crippen LogP contribution in [0, 0.1) is 13.8 Å². The Hall–Kier alpha value is -1.55. The van der Waals surface area contributed by atoms with E-state index in [1.807, 2.05) is 17.9 Å². The van der Waals surface area contributed by atoms with Crippen molar-refractivity contribution in [2.24, 2.45) is 0 Å². The zero-order chi connectivity index (χ0) is 14.8. The molecule has 114 valence electrons. The number of aryl methyl sites for hydroxylation is 2. The Morgan fingerprint density at radius 3 is 2.90 bits per heavy atom. The molecule has 1 N–H and O–H groups in total. The first-order valence-corrected chi connectivity index (χ1v) is 8.01. The van der Waals surface area contributed by atoms with Crippen LogP contribution in [0.2, 0.25) is 0 Å². The highest BCUT2D eigenvalue weighted by molar-refractivity contribution is 5.90. The predicted octanol–water partition coefficient (Wildman–Crippen LogP) is 3.01. The number of rotatable bonds is 1. The lowest BCUT2D eigenvalue weighted by atomic mass is 10.00. The third-order valence-corrected chi connectivity index (χ3v) is 4.76. The van der Waals surface area contributed by atoms with Gasteiger partial charge >= 0.3 is 6.03 Å². The summed E-state index contributed by atoms with van der Waals surface area (Å²) in [4.78, 5) is 17.0. The van der Waals surface area contributed by atoms with Crippen LogP contribution in [0.25, 0.3) is 0 Å². The fraction of sp³-hybridized carbons (Fsp3) is 0.588. The summed E-state index contributed by atoms with van der Waals surface area (Å²) in [7, 11) is 0. The van der Waals surface area contributed by atoms with Crippen molar-refractivity contribution in [3.8, 4) is 0 Å². The van der Waals surface area contributed by atoms with Gasteiger partial charge in [0.05, 0.1) is 0 Å². The number of nitrogens with zero attached hydrogens (tertiary/aromatic N) is 2. The average Bonchev–Trinajstić information content (AvgIpc) is 2.50. The number of piperidine rings is 1. The Morgan fingerprint density at radius 1 is 1.19 bits per heavy atom. The number of piperazine rings is 1. The minimum Gasteiger partial charge on any atom is -0.322 e. The van der Waals surface area contributed by atoms with E-state index in [1.165, 1.54) is 31.4 Å². The largest absolute Gasteiger partial charge is 0.322 e. The van der Waals surface area contributed by atoms with Crippen LogP contribution in [-0.4, -0.2) is 48.1 Å². The number of hydrogen-bond donors (Lipinski definition) is 1. The fourth-order valence-corrected chi connectivity index (χ4v) is 3.41. The number of anilines is 1. The van der Waals surface area contributed by atoms with Crippen LogP contribution in [0.5, 0.6) is 0 Å². The number of nitrogens with one attached hydrogen (secondary N) is 1. The predicted molar refractivity (Wildman–Crippen MR) is 85.7 cm³/mol. The van der Waals surface area contributed by atoms with Crippen molar-refractivity contribution in [3.05, 3.63) is 29.3 Å². The van der Waals surface area contributed by atoms with Crippen molar-refractivity contribution in [3.63, 3.8) is 0 Å². The molecule has 1 aromatic carbocycles. The first kappa shape index (κ1) is 14.4. The lowest BCUT2D eigenvalue weighted by Gasteiger charge is -2.43. The molecule has 0 aliphatic carbocycles. The SMILES string of the molecule is Cc1ccc(C)c(NC(=O)N2CCN3CCCCC3C2)c1. The molecule has 1 atom stereocenters. The molecule has 0 aromatic heterocycles. The van der Waals surface area contributed by atoms with Gasteiger partial charge in [-0.1, -0.05) is 18.6 Å². The van der Waals surface area contributed by atoms with Gasteiger partial charge in [0, 0.05) is 31.4 Å². The van der Waals surface area contributed by atoms with Crippen molar-refractivity contribution in [1.29, 1.82) is 0 Å². The van der Waals surface area contributed by atoms with Gasteiger partial charge in [0.1, 0.15) is 0 Å². The highest BCUT2D eigenvalue weighted by atomic mass is 16.2. The Labute approximate surface area is 127 Å². The van der Waals surface area contributed by atoms with Crippen LogP contribution in [0.15, 0.2) is 18.2 Å². The summed E-state index contributed by atoms with van der Waals surface area (Å²) in [6, 6.07) is 6.80. The smallest absolute Gasteiger partial charge is 0.321 e. The van der Waals surface area contributed by atoms with E-state index in [0.717, 1.165) is 30.9 Å². The monoisotopic (exact) mass is 287 g/mol. The maximum Gasteiger partial charge on any atom is 0.321 e. The number of urea groups is 1. The molecular formula is C17H25N3O. The van der Waals surface area contributed by atoms with Crippen molar-refractivity contribution < 1.29 is 4.79 Å². The van der Waals surface area contributed by atoms with Crippen molar-refractivity contribution in [1.82, 2.24) is 9.80 Å². The summed E-state index contributed by atoms with van der Waals surface area (Å²) in [5, 5.41) is 3.08. The number of benzene rings is 1. The molecule has 1 unspecified atom stereocenters. The quantitative estimate of drug-likeness (QED) is 0.862. The topological polar surface area (TPSA) is 35.6 Å². The summed E-state index contributed by atoms with van der Waals surface area (Å²) >= 11 is 0. The molecule has 2 aliphatic heterocycles. The summed E-state index contributed by atoms with van der Waals surface area (Å²) in [6.07, 6.45) is 3.84. The summed E-state index contributed by atoms with van der Waals surface area (Å²) in [5.41, 5.74) is 3.23. The van der Waals surface area contributed by atoms with Gasteiger partial charge in [-0.25, -0.2) is 4.79 Å². The molecule has 0 saturated carbocycles. The van der Waals surface area contributed by atoms with Gasteiger partial charge in [0.25, 0.3) is 0 Å². The molecule has 0 bridgehead atoms. The molecule has 4 nitrogen and oxygen atoms in total. The maximum atomic E-state index is 12.5. The van der Waals surface area contributed by atoms with E-state index in [1.54, 1.807) is 0 Å². The van der Waals surface area contributed by atoms with E-state index >= 15 is 0 Å². The minimum atomic E-state index is 0.0499. The van der Waals surface area contributed by atoms with Crippen LogP contribution in [-0.2, 0) is 0 Å². The minimum absolute atomic E-state index is 0.0499. The average molecular weight is 287 g/mol. The Balaban J connectivity index is 1.64. The van der Waals surface area contributed by atoms with Crippen molar-refractivity contribution in [2.45, 2.75) is 39.2 Å². The first-order valence-electron chi connectivity index (χ1n) is 8.01. The summed E-state index contributed by atoms with van der Waals surface area (Å²) in [6.45, 7) is 8.02. The zero-order valence-corrected chi connectivity index (χ0v) is 13.1. The first-order chi connectivity index (χ1) is 10.1. The second kappa shape index (κ2) is 6.06. The van der Waals surface area contributed by atoms with Crippen LogP contribution < -0.4 is 5.32 Å². The van der Waals surface area contributed by atoms with Crippen molar-refractivity contribution in [2.75, 3.05) is 31.5 Å². The van der Waals surface area contributed by atoms with Gasteiger partial charge in [-0.15, -0.1) is 0 Å². The molecule has 0 radical (unpaired) electrons. The van der Waals surface area contributed by atoms with E-state index in [2.05, 4.69) is 29.3 Å². The molecule has 0 spiro atoms. The van der Waals surface area contributed by atoms with Crippen molar-refractivity contribution >= 4 is 11.7 Å². The van der Waals surface area contributed by atoms with Gasteiger partial charge in [-0.3, -0.25) is 4.90 Å². The third kappa shape index (κ3) is 3.21. The molecule has 3 rings (SSSR count). The van der Waals surface area contributed by atoms with E-state index in [0.29, 0.717) is 6.04 Å². The number of hydrogen-bond acceptors (Lipinski definition) is 2. The molecule has 2 aliphatic rings. The van der Waals surface area contributed by atoms with E-state index in [9.17, 15) is 4.79 Å². The molecule has 1 aromatic rings. The van der Waals surface area contributed by atoms with Crippen LogP contribution in [0.1, 0.15) is 30.4 Å². The molecule has 4 heteroatoms. The van der Waals surface area contributed by atoms with Gasteiger partial charge in [-0.2, -0.15) is 0 Å². The molecule has 2 fully saturated rings.